The van der Waals surface area contributed by atoms with E-state index in [0.29, 0.717) is 6.54 Å². The Kier molecular flexibility index (Phi) is 5.62. The maximum Gasteiger partial charge on any atom is 0.0759 e. The van der Waals surface area contributed by atoms with E-state index >= 15 is 0 Å². The molecular formula is C17H24N2S. The van der Waals surface area contributed by atoms with Gasteiger partial charge in [0.05, 0.1) is 6.04 Å². The first-order valence-electron chi connectivity index (χ1n) is 7.33. The monoisotopic (exact) mass is 288 g/mol. The second-order valence-corrected chi connectivity index (χ2v) is 6.05. The van der Waals surface area contributed by atoms with Gasteiger partial charge in [-0.2, -0.15) is 0 Å². The van der Waals surface area contributed by atoms with Crippen molar-refractivity contribution in [2.24, 2.45) is 5.73 Å². The first kappa shape index (κ1) is 15.1. The Balaban J connectivity index is 2.31. The van der Waals surface area contributed by atoms with Crippen LogP contribution in [-0.2, 0) is 0 Å². The molecule has 0 aliphatic heterocycles. The average molecular weight is 288 g/mol. The molecule has 0 radical (unpaired) electrons. The molecule has 0 saturated carbocycles. The quantitative estimate of drug-likeness (QED) is 0.820. The third-order valence-electron chi connectivity index (χ3n) is 3.64. The molecule has 1 unspecified atom stereocenters. The second kappa shape index (κ2) is 7.46. The van der Waals surface area contributed by atoms with Crippen LogP contribution in [0.3, 0.4) is 0 Å². The Morgan fingerprint density at radius 3 is 2.50 bits per heavy atom. The second-order valence-electron chi connectivity index (χ2n) is 5.10. The average Bonchev–Trinajstić information content (AvgIpc) is 2.90. The molecule has 1 heterocycles. The van der Waals surface area contributed by atoms with Gasteiger partial charge in [0.2, 0.25) is 0 Å². The molecule has 2 aromatic rings. The number of nitrogens with zero attached hydrogens (tertiary/aromatic N) is 1. The van der Waals surface area contributed by atoms with Gasteiger partial charge >= 0.3 is 0 Å². The van der Waals surface area contributed by atoms with E-state index in [0.717, 1.165) is 6.54 Å². The van der Waals surface area contributed by atoms with Gasteiger partial charge in [-0.1, -0.05) is 31.5 Å². The standard InChI is InChI=1S/C17H24N2S/c1-3-4-11-19(15-8-6-5-7-9-15)16(13-18)17-14(2)10-12-20-17/h5-10,12,16H,3-4,11,13,18H2,1-2H3. The lowest BCUT2D eigenvalue weighted by Crippen LogP contribution is -2.34. The van der Waals surface area contributed by atoms with Crippen molar-refractivity contribution in [1.82, 2.24) is 0 Å². The number of nitrogens with two attached hydrogens (primary N) is 1. The van der Waals surface area contributed by atoms with Crippen molar-refractivity contribution in [3.8, 4) is 0 Å². The zero-order valence-electron chi connectivity index (χ0n) is 12.4. The molecule has 0 fully saturated rings. The normalized spacial score (nSPS) is 12.3. The van der Waals surface area contributed by atoms with E-state index < -0.39 is 0 Å². The Morgan fingerprint density at radius 1 is 1.20 bits per heavy atom. The summed E-state index contributed by atoms with van der Waals surface area (Å²) in [5.74, 6) is 0. The van der Waals surface area contributed by atoms with E-state index in [-0.39, 0.29) is 6.04 Å². The lowest BCUT2D eigenvalue weighted by molar-refractivity contribution is 0.610. The predicted molar refractivity (Wildman–Crippen MR) is 89.5 cm³/mol. The summed E-state index contributed by atoms with van der Waals surface area (Å²) in [6.45, 7) is 6.12. The van der Waals surface area contributed by atoms with E-state index in [9.17, 15) is 0 Å². The summed E-state index contributed by atoms with van der Waals surface area (Å²) in [7, 11) is 0. The van der Waals surface area contributed by atoms with Crippen LogP contribution in [0.15, 0.2) is 41.8 Å². The third-order valence-corrected chi connectivity index (χ3v) is 4.76. The number of thiophene rings is 1. The highest BCUT2D eigenvalue weighted by Crippen LogP contribution is 2.32. The fourth-order valence-corrected chi connectivity index (χ4v) is 3.57. The minimum absolute atomic E-state index is 0.281. The highest BCUT2D eigenvalue weighted by Gasteiger charge is 2.21. The first-order valence-corrected chi connectivity index (χ1v) is 8.21. The summed E-state index contributed by atoms with van der Waals surface area (Å²) < 4.78 is 0. The number of rotatable bonds is 7. The van der Waals surface area contributed by atoms with Crippen LogP contribution in [0.25, 0.3) is 0 Å². The molecule has 0 saturated heterocycles. The summed E-state index contributed by atoms with van der Waals surface area (Å²) in [6, 6.07) is 13.1. The van der Waals surface area contributed by atoms with Crippen molar-refractivity contribution in [2.45, 2.75) is 32.7 Å². The summed E-state index contributed by atoms with van der Waals surface area (Å²) in [6.07, 6.45) is 2.39. The van der Waals surface area contributed by atoms with E-state index in [2.05, 4.69) is 60.5 Å². The number of benzene rings is 1. The lowest BCUT2D eigenvalue weighted by atomic mass is 10.1. The Hall–Kier alpha value is -1.32. The number of unbranched alkanes of at least 4 members (excludes halogenated alkanes) is 1. The van der Waals surface area contributed by atoms with Crippen LogP contribution in [0.4, 0.5) is 5.69 Å². The van der Waals surface area contributed by atoms with Crippen molar-refractivity contribution in [1.29, 1.82) is 0 Å². The highest BCUT2D eigenvalue weighted by molar-refractivity contribution is 7.10. The Bertz CT molecular complexity index is 507. The molecule has 0 spiro atoms. The summed E-state index contributed by atoms with van der Waals surface area (Å²) >= 11 is 1.82. The Labute approximate surface area is 126 Å². The van der Waals surface area contributed by atoms with Crippen LogP contribution >= 0.6 is 11.3 Å². The van der Waals surface area contributed by atoms with Crippen LogP contribution in [0, 0.1) is 6.92 Å². The number of hydrogen-bond donors (Lipinski definition) is 1. The van der Waals surface area contributed by atoms with Gasteiger partial charge in [-0.3, -0.25) is 0 Å². The van der Waals surface area contributed by atoms with Gasteiger partial charge in [0.1, 0.15) is 0 Å². The molecule has 2 rings (SSSR count). The molecular weight excluding hydrogens is 264 g/mol. The smallest absolute Gasteiger partial charge is 0.0759 e. The topological polar surface area (TPSA) is 29.3 Å². The van der Waals surface area contributed by atoms with Crippen LogP contribution in [0.5, 0.6) is 0 Å². The van der Waals surface area contributed by atoms with Gasteiger partial charge in [0, 0.05) is 23.7 Å². The first-order chi connectivity index (χ1) is 9.77. The maximum absolute atomic E-state index is 6.11. The zero-order chi connectivity index (χ0) is 14.4. The molecule has 20 heavy (non-hydrogen) atoms. The van der Waals surface area contributed by atoms with E-state index in [1.54, 1.807) is 0 Å². The van der Waals surface area contributed by atoms with Gasteiger partial charge in [-0.25, -0.2) is 0 Å². The van der Waals surface area contributed by atoms with Crippen molar-refractivity contribution >= 4 is 17.0 Å². The van der Waals surface area contributed by atoms with Crippen molar-refractivity contribution in [3.05, 3.63) is 52.2 Å². The summed E-state index contributed by atoms with van der Waals surface area (Å²) in [5.41, 5.74) is 8.73. The van der Waals surface area contributed by atoms with Gasteiger partial charge in [0.15, 0.2) is 0 Å². The molecule has 0 amide bonds. The van der Waals surface area contributed by atoms with Crippen LogP contribution in [0.1, 0.15) is 36.2 Å². The fourth-order valence-electron chi connectivity index (χ4n) is 2.51. The van der Waals surface area contributed by atoms with Crippen LogP contribution < -0.4 is 10.6 Å². The largest absolute Gasteiger partial charge is 0.362 e. The van der Waals surface area contributed by atoms with Gasteiger partial charge in [-0.05, 0) is 42.5 Å². The van der Waals surface area contributed by atoms with E-state index in [1.165, 1.54) is 29.0 Å². The molecule has 1 atom stereocenters. The van der Waals surface area contributed by atoms with Crippen molar-refractivity contribution in [3.63, 3.8) is 0 Å². The van der Waals surface area contributed by atoms with Gasteiger partial charge in [-0.15, -0.1) is 11.3 Å². The SMILES string of the molecule is CCCCN(c1ccccc1)C(CN)c1sccc1C. The fraction of sp³-hybridized carbons (Fsp3) is 0.412. The van der Waals surface area contributed by atoms with Crippen molar-refractivity contribution < 1.29 is 0 Å². The molecule has 3 heteroatoms. The molecule has 1 aromatic carbocycles. The minimum Gasteiger partial charge on any atom is -0.362 e. The molecule has 108 valence electrons. The molecule has 0 aliphatic carbocycles. The van der Waals surface area contributed by atoms with Gasteiger partial charge in [0.25, 0.3) is 0 Å². The summed E-state index contributed by atoms with van der Waals surface area (Å²) in [4.78, 5) is 3.86. The lowest BCUT2D eigenvalue weighted by Gasteiger charge is -2.33. The molecule has 2 nitrogen and oxygen atoms in total. The highest BCUT2D eigenvalue weighted by atomic mass is 32.1. The van der Waals surface area contributed by atoms with Crippen molar-refractivity contribution in [2.75, 3.05) is 18.0 Å². The minimum atomic E-state index is 0.281. The molecule has 1 aromatic heterocycles. The number of aryl methyl sites for hydroxylation is 1. The van der Waals surface area contributed by atoms with E-state index in [1.807, 2.05) is 11.3 Å². The predicted octanol–water partition coefficient (Wildman–Crippen LogP) is 4.36. The van der Waals surface area contributed by atoms with Crippen LogP contribution in [0.2, 0.25) is 0 Å². The number of para-hydroxylation sites is 1. The number of anilines is 1. The molecule has 0 bridgehead atoms. The van der Waals surface area contributed by atoms with Gasteiger partial charge < -0.3 is 10.6 Å². The van der Waals surface area contributed by atoms with E-state index in [4.69, 9.17) is 5.73 Å². The number of hydrogen-bond acceptors (Lipinski definition) is 3. The molecule has 0 aliphatic rings. The van der Waals surface area contributed by atoms with Crippen LogP contribution in [-0.4, -0.2) is 13.1 Å². The summed E-state index contributed by atoms with van der Waals surface area (Å²) in [5, 5.41) is 2.16. The maximum atomic E-state index is 6.11. The molecule has 2 N–H and O–H groups in total. The third kappa shape index (κ3) is 3.41. The Morgan fingerprint density at radius 2 is 1.95 bits per heavy atom. The zero-order valence-corrected chi connectivity index (χ0v) is 13.2.